The Kier molecular flexibility index (Phi) is 11.0. The maximum absolute atomic E-state index is 5.48. The third-order valence-corrected chi connectivity index (χ3v) is 5.25. The van der Waals surface area contributed by atoms with Crippen molar-refractivity contribution >= 4 is 29.9 Å². The van der Waals surface area contributed by atoms with E-state index in [0.717, 1.165) is 54.1 Å². The van der Waals surface area contributed by atoms with E-state index in [4.69, 9.17) is 4.74 Å². The highest BCUT2D eigenvalue weighted by molar-refractivity contribution is 14.0. The molecule has 0 aromatic carbocycles. The molecule has 2 N–H and O–H groups in total. The second kappa shape index (κ2) is 12.4. The molecule has 1 aliphatic rings. The van der Waals surface area contributed by atoms with Gasteiger partial charge in [-0.25, -0.2) is 0 Å². The Bertz CT molecular complexity index is 608. The summed E-state index contributed by atoms with van der Waals surface area (Å²) in [5.41, 5.74) is 3.12. The van der Waals surface area contributed by atoms with E-state index >= 15 is 0 Å². The van der Waals surface area contributed by atoms with Crippen molar-refractivity contribution in [1.29, 1.82) is 0 Å². The van der Waals surface area contributed by atoms with Crippen LogP contribution < -0.4 is 15.4 Å². The highest BCUT2D eigenvalue weighted by Crippen LogP contribution is 2.23. The first-order valence-corrected chi connectivity index (χ1v) is 9.74. The van der Waals surface area contributed by atoms with Crippen molar-refractivity contribution in [2.75, 3.05) is 33.8 Å². The molecule has 1 aromatic heterocycles. The molecule has 1 saturated heterocycles. The van der Waals surface area contributed by atoms with E-state index in [1.165, 1.54) is 25.8 Å². The zero-order valence-corrected chi connectivity index (χ0v) is 19.8. The van der Waals surface area contributed by atoms with Crippen LogP contribution >= 0.6 is 24.0 Å². The zero-order chi connectivity index (χ0) is 18.9. The summed E-state index contributed by atoms with van der Waals surface area (Å²) in [6.45, 7) is 10.4. The number of methoxy groups -OCH3 is 1. The normalized spacial score (nSPS) is 18.0. The van der Waals surface area contributed by atoms with Crippen molar-refractivity contribution < 1.29 is 4.74 Å². The summed E-state index contributed by atoms with van der Waals surface area (Å²) >= 11 is 0. The number of nitrogens with one attached hydrogen (secondary N) is 2. The molecule has 0 aliphatic carbocycles. The SMILES string of the molecule is CN=C(NCCCN1CCCCC1C)NCc1ncc(C)c(OC)c1C.I. The molecule has 2 rings (SSSR count). The van der Waals surface area contributed by atoms with Gasteiger partial charge in [0.15, 0.2) is 5.96 Å². The summed E-state index contributed by atoms with van der Waals surface area (Å²) in [6.07, 6.45) is 7.04. The lowest BCUT2D eigenvalue weighted by atomic mass is 10.0. The van der Waals surface area contributed by atoms with Gasteiger partial charge >= 0.3 is 0 Å². The smallest absolute Gasteiger partial charge is 0.191 e. The highest BCUT2D eigenvalue weighted by Gasteiger charge is 2.17. The molecule has 0 saturated carbocycles. The van der Waals surface area contributed by atoms with Gasteiger partial charge in [0.1, 0.15) is 5.75 Å². The van der Waals surface area contributed by atoms with E-state index < -0.39 is 0 Å². The van der Waals surface area contributed by atoms with Gasteiger partial charge in [0.2, 0.25) is 0 Å². The van der Waals surface area contributed by atoms with Gasteiger partial charge in [0, 0.05) is 43.5 Å². The first-order valence-electron chi connectivity index (χ1n) is 9.74. The monoisotopic (exact) mass is 489 g/mol. The van der Waals surface area contributed by atoms with Gasteiger partial charge in [-0.3, -0.25) is 9.98 Å². The average Bonchev–Trinajstić information content (AvgIpc) is 2.64. The highest BCUT2D eigenvalue weighted by atomic mass is 127. The lowest BCUT2D eigenvalue weighted by Gasteiger charge is -2.33. The average molecular weight is 489 g/mol. The summed E-state index contributed by atoms with van der Waals surface area (Å²) in [5.74, 6) is 1.73. The molecule has 1 fully saturated rings. The number of hydrogen-bond acceptors (Lipinski definition) is 4. The number of aromatic nitrogens is 1. The Hall–Kier alpha value is -1.09. The first kappa shape index (κ1) is 23.9. The maximum atomic E-state index is 5.48. The van der Waals surface area contributed by atoms with Gasteiger partial charge in [-0.15, -0.1) is 24.0 Å². The minimum absolute atomic E-state index is 0. The Labute approximate surface area is 181 Å². The molecule has 7 heteroatoms. The van der Waals surface area contributed by atoms with Gasteiger partial charge in [-0.1, -0.05) is 6.42 Å². The van der Waals surface area contributed by atoms with Crippen LogP contribution in [-0.2, 0) is 6.54 Å². The second-order valence-corrected chi connectivity index (χ2v) is 7.13. The quantitative estimate of drug-likeness (QED) is 0.267. The molecule has 1 aliphatic heterocycles. The van der Waals surface area contributed by atoms with Gasteiger partial charge in [0.25, 0.3) is 0 Å². The lowest BCUT2D eigenvalue weighted by molar-refractivity contribution is 0.159. The molecule has 1 atom stereocenters. The summed E-state index contributed by atoms with van der Waals surface area (Å²) < 4.78 is 5.48. The van der Waals surface area contributed by atoms with Crippen LogP contribution in [0.4, 0.5) is 0 Å². The van der Waals surface area contributed by atoms with Crippen LogP contribution in [0.1, 0.15) is 49.4 Å². The minimum Gasteiger partial charge on any atom is -0.496 e. The third-order valence-electron chi connectivity index (χ3n) is 5.25. The molecule has 154 valence electrons. The number of nitrogens with zero attached hydrogens (tertiary/aromatic N) is 3. The molecule has 0 spiro atoms. The fourth-order valence-corrected chi connectivity index (χ4v) is 3.62. The second-order valence-electron chi connectivity index (χ2n) is 7.13. The standard InChI is InChI=1S/C20H35N5O.HI/c1-15-13-23-18(17(3)19(15)26-5)14-24-20(21-4)22-10-8-12-25-11-7-6-9-16(25)2;/h13,16H,6-12,14H2,1-5H3,(H2,21,22,24);1H. The molecule has 1 aromatic rings. The molecule has 0 bridgehead atoms. The van der Waals surface area contributed by atoms with E-state index in [9.17, 15) is 0 Å². The molecule has 2 heterocycles. The van der Waals surface area contributed by atoms with Crippen molar-refractivity contribution in [3.05, 3.63) is 23.0 Å². The summed E-state index contributed by atoms with van der Waals surface area (Å²) in [6, 6.07) is 0.728. The molecule has 0 radical (unpaired) electrons. The zero-order valence-electron chi connectivity index (χ0n) is 17.5. The summed E-state index contributed by atoms with van der Waals surface area (Å²) in [5, 5.41) is 6.76. The molecular weight excluding hydrogens is 453 g/mol. The third kappa shape index (κ3) is 7.10. The Morgan fingerprint density at radius 3 is 2.78 bits per heavy atom. The fourth-order valence-electron chi connectivity index (χ4n) is 3.62. The summed E-state index contributed by atoms with van der Waals surface area (Å²) in [7, 11) is 3.51. The molecule has 6 nitrogen and oxygen atoms in total. The predicted octanol–water partition coefficient (Wildman–Crippen LogP) is 3.25. The fraction of sp³-hybridized carbons (Fsp3) is 0.700. The number of aryl methyl sites for hydroxylation is 1. The van der Waals surface area contributed by atoms with Crippen molar-refractivity contribution in [3.8, 4) is 5.75 Å². The topological polar surface area (TPSA) is 61.8 Å². The van der Waals surface area contributed by atoms with E-state index in [1.807, 2.05) is 20.0 Å². The number of piperidine rings is 1. The van der Waals surface area contributed by atoms with E-state index in [2.05, 4.69) is 32.4 Å². The van der Waals surface area contributed by atoms with Crippen LogP contribution in [0.2, 0.25) is 0 Å². The largest absolute Gasteiger partial charge is 0.496 e. The van der Waals surface area contributed by atoms with Crippen molar-refractivity contribution in [1.82, 2.24) is 20.5 Å². The van der Waals surface area contributed by atoms with Crippen LogP contribution in [0, 0.1) is 13.8 Å². The lowest BCUT2D eigenvalue weighted by Crippen LogP contribution is -2.41. The Morgan fingerprint density at radius 1 is 1.33 bits per heavy atom. The van der Waals surface area contributed by atoms with Crippen LogP contribution in [-0.4, -0.2) is 55.7 Å². The van der Waals surface area contributed by atoms with Gasteiger partial charge < -0.3 is 20.3 Å². The Balaban J connectivity index is 0.00000364. The number of likely N-dealkylation sites (tertiary alicyclic amines) is 1. The van der Waals surface area contributed by atoms with Crippen LogP contribution in [0.15, 0.2) is 11.2 Å². The number of rotatable bonds is 7. The minimum atomic E-state index is 0. The first-order chi connectivity index (χ1) is 12.6. The predicted molar refractivity (Wildman–Crippen MR) is 123 cm³/mol. The number of aliphatic imine (C=N–C) groups is 1. The van der Waals surface area contributed by atoms with Crippen LogP contribution in [0.3, 0.4) is 0 Å². The van der Waals surface area contributed by atoms with Crippen molar-refractivity contribution in [3.63, 3.8) is 0 Å². The summed E-state index contributed by atoms with van der Waals surface area (Å²) in [4.78, 5) is 11.4. The number of guanidine groups is 1. The maximum Gasteiger partial charge on any atom is 0.191 e. The van der Waals surface area contributed by atoms with E-state index in [0.29, 0.717) is 6.54 Å². The Morgan fingerprint density at radius 2 is 2.11 bits per heavy atom. The van der Waals surface area contributed by atoms with Crippen molar-refractivity contribution in [2.45, 2.75) is 59.0 Å². The van der Waals surface area contributed by atoms with Crippen LogP contribution in [0.25, 0.3) is 0 Å². The molecule has 27 heavy (non-hydrogen) atoms. The molecule has 1 unspecified atom stereocenters. The van der Waals surface area contributed by atoms with Gasteiger partial charge in [-0.05, 0) is 46.6 Å². The van der Waals surface area contributed by atoms with E-state index in [1.54, 1.807) is 14.2 Å². The number of hydrogen-bond donors (Lipinski definition) is 2. The van der Waals surface area contributed by atoms with E-state index in [-0.39, 0.29) is 24.0 Å². The number of pyridine rings is 1. The van der Waals surface area contributed by atoms with Gasteiger partial charge in [0.05, 0.1) is 19.3 Å². The number of halogens is 1. The van der Waals surface area contributed by atoms with Crippen molar-refractivity contribution in [2.24, 2.45) is 4.99 Å². The molecule has 0 amide bonds. The van der Waals surface area contributed by atoms with Gasteiger partial charge in [-0.2, -0.15) is 0 Å². The molecular formula is C20H36IN5O. The van der Waals surface area contributed by atoms with Crippen LogP contribution in [0.5, 0.6) is 5.75 Å². The number of ether oxygens (including phenoxy) is 1.